The third kappa shape index (κ3) is 6.79. The first-order chi connectivity index (χ1) is 8.90. The first-order valence-electron chi connectivity index (χ1n) is 6.13. The Morgan fingerprint density at radius 1 is 1.05 bits per heavy atom. The van der Waals surface area contributed by atoms with Crippen LogP contribution in [0, 0.1) is 0 Å². The molecule has 1 aromatic carbocycles. The van der Waals surface area contributed by atoms with E-state index in [9.17, 15) is 13.2 Å². The smallest absolute Gasteiger partial charge is 0.389 e. The fourth-order valence-electron chi connectivity index (χ4n) is 1.44. The minimum atomic E-state index is -4.14. The third-order valence-corrected chi connectivity index (χ3v) is 2.25. The van der Waals surface area contributed by atoms with Gasteiger partial charge in [0.25, 0.3) is 0 Å². The number of hydrogen-bond donors (Lipinski definition) is 1. The third-order valence-electron chi connectivity index (χ3n) is 2.25. The average molecular weight is 277 g/mol. The van der Waals surface area contributed by atoms with Gasteiger partial charge in [-0.15, -0.1) is 0 Å². The van der Waals surface area contributed by atoms with Crippen molar-refractivity contribution in [3.63, 3.8) is 0 Å². The summed E-state index contributed by atoms with van der Waals surface area (Å²) in [5.41, 5.74) is 6.12. The van der Waals surface area contributed by atoms with Gasteiger partial charge in [0.2, 0.25) is 0 Å². The van der Waals surface area contributed by atoms with Gasteiger partial charge in [-0.3, -0.25) is 0 Å². The van der Waals surface area contributed by atoms with Crippen molar-refractivity contribution >= 4 is 5.69 Å². The Morgan fingerprint density at radius 2 is 1.63 bits per heavy atom. The summed E-state index contributed by atoms with van der Waals surface area (Å²) in [7, 11) is 0. The number of halogens is 3. The molecule has 19 heavy (non-hydrogen) atoms. The van der Waals surface area contributed by atoms with E-state index in [0.29, 0.717) is 23.8 Å². The molecular weight excluding hydrogens is 259 g/mol. The van der Waals surface area contributed by atoms with Gasteiger partial charge in [0.05, 0.1) is 13.2 Å². The Labute approximate surface area is 110 Å². The molecule has 3 nitrogen and oxygen atoms in total. The van der Waals surface area contributed by atoms with Gasteiger partial charge in [0, 0.05) is 30.3 Å². The zero-order chi connectivity index (χ0) is 14.3. The highest BCUT2D eigenvalue weighted by molar-refractivity contribution is 5.50. The van der Waals surface area contributed by atoms with Crippen molar-refractivity contribution in [1.29, 1.82) is 0 Å². The maximum Gasteiger partial charge on any atom is 0.389 e. The number of anilines is 1. The molecule has 0 bridgehead atoms. The summed E-state index contributed by atoms with van der Waals surface area (Å²) in [6.07, 6.45) is -4.22. The summed E-state index contributed by atoms with van der Waals surface area (Å²) < 4.78 is 46.5. The number of ether oxygens (including phenoxy) is 2. The van der Waals surface area contributed by atoms with E-state index >= 15 is 0 Å². The van der Waals surface area contributed by atoms with Crippen molar-refractivity contribution in [2.24, 2.45) is 0 Å². The highest BCUT2D eigenvalue weighted by Crippen LogP contribution is 2.26. The van der Waals surface area contributed by atoms with Gasteiger partial charge in [-0.05, 0) is 12.8 Å². The molecule has 0 saturated carbocycles. The van der Waals surface area contributed by atoms with E-state index in [-0.39, 0.29) is 13.0 Å². The van der Waals surface area contributed by atoms with Crippen LogP contribution in [0.3, 0.4) is 0 Å². The maximum absolute atomic E-state index is 12.0. The van der Waals surface area contributed by atoms with Gasteiger partial charge in [-0.25, -0.2) is 0 Å². The van der Waals surface area contributed by atoms with Crippen LogP contribution in [-0.2, 0) is 0 Å². The second-order valence-corrected chi connectivity index (χ2v) is 4.15. The lowest BCUT2D eigenvalue weighted by molar-refractivity contribution is -0.136. The molecule has 0 heterocycles. The van der Waals surface area contributed by atoms with Crippen molar-refractivity contribution in [1.82, 2.24) is 0 Å². The normalized spacial score (nSPS) is 11.4. The van der Waals surface area contributed by atoms with Crippen LogP contribution >= 0.6 is 0 Å². The van der Waals surface area contributed by atoms with E-state index in [1.165, 1.54) is 0 Å². The van der Waals surface area contributed by atoms with E-state index < -0.39 is 12.6 Å². The fraction of sp³-hybridized carbons (Fsp3) is 0.538. The molecule has 1 aromatic rings. The van der Waals surface area contributed by atoms with Crippen molar-refractivity contribution in [2.45, 2.75) is 32.4 Å². The molecule has 108 valence electrons. The van der Waals surface area contributed by atoms with Crippen LogP contribution in [-0.4, -0.2) is 19.4 Å². The number of benzene rings is 1. The Balaban J connectivity index is 2.46. The molecule has 1 rings (SSSR count). The molecule has 0 fully saturated rings. The molecule has 0 amide bonds. The molecule has 0 unspecified atom stereocenters. The van der Waals surface area contributed by atoms with Gasteiger partial charge >= 0.3 is 6.18 Å². The number of nitrogens with two attached hydrogens (primary N) is 1. The molecule has 2 N–H and O–H groups in total. The standard InChI is InChI=1S/C13H18F3NO2/c1-2-5-18-11-7-10(17)8-12(9-11)19-6-3-4-13(14,15)16/h7-9H,2-6,17H2,1H3. The monoisotopic (exact) mass is 277 g/mol. The van der Waals surface area contributed by atoms with Crippen LogP contribution in [0.1, 0.15) is 26.2 Å². The van der Waals surface area contributed by atoms with Gasteiger partial charge in [0.15, 0.2) is 0 Å². The predicted molar refractivity (Wildman–Crippen MR) is 67.4 cm³/mol. The van der Waals surface area contributed by atoms with Gasteiger partial charge in [0.1, 0.15) is 11.5 Å². The highest BCUT2D eigenvalue weighted by Gasteiger charge is 2.26. The minimum absolute atomic E-state index is 0.00379. The summed E-state index contributed by atoms with van der Waals surface area (Å²) in [5.74, 6) is 0.987. The molecule has 0 aliphatic heterocycles. The van der Waals surface area contributed by atoms with Crippen molar-refractivity contribution in [3.8, 4) is 11.5 Å². The van der Waals surface area contributed by atoms with E-state index in [0.717, 1.165) is 6.42 Å². The number of hydrogen-bond acceptors (Lipinski definition) is 3. The summed E-state index contributed by atoms with van der Waals surface area (Å²) in [4.78, 5) is 0. The number of alkyl halides is 3. The SMILES string of the molecule is CCCOc1cc(N)cc(OCCCC(F)(F)F)c1. The molecule has 0 spiro atoms. The van der Waals surface area contributed by atoms with Crippen molar-refractivity contribution in [3.05, 3.63) is 18.2 Å². The zero-order valence-corrected chi connectivity index (χ0v) is 10.8. The Hall–Kier alpha value is -1.59. The van der Waals surface area contributed by atoms with E-state index in [2.05, 4.69) is 0 Å². The molecule has 0 aromatic heterocycles. The second-order valence-electron chi connectivity index (χ2n) is 4.15. The lowest BCUT2D eigenvalue weighted by atomic mass is 10.3. The fourth-order valence-corrected chi connectivity index (χ4v) is 1.44. The van der Waals surface area contributed by atoms with Crippen molar-refractivity contribution in [2.75, 3.05) is 18.9 Å². The average Bonchev–Trinajstić information content (AvgIpc) is 2.30. The molecular formula is C13H18F3NO2. The van der Waals surface area contributed by atoms with Crippen LogP contribution in [0.5, 0.6) is 11.5 Å². The lowest BCUT2D eigenvalue weighted by Crippen LogP contribution is -2.09. The predicted octanol–water partition coefficient (Wildman–Crippen LogP) is 3.78. The van der Waals surface area contributed by atoms with Gasteiger partial charge < -0.3 is 15.2 Å². The molecule has 0 aliphatic rings. The maximum atomic E-state index is 12.0. The van der Waals surface area contributed by atoms with Crippen LogP contribution < -0.4 is 15.2 Å². The van der Waals surface area contributed by atoms with Crippen LogP contribution in [0.25, 0.3) is 0 Å². The summed E-state index contributed by atoms with van der Waals surface area (Å²) in [6.45, 7) is 2.52. The Bertz CT molecular complexity index is 394. The molecule has 0 aliphatic carbocycles. The molecule has 0 atom stereocenters. The topological polar surface area (TPSA) is 44.5 Å². The van der Waals surface area contributed by atoms with Gasteiger partial charge in [-0.1, -0.05) is 6.92 Å². The van der Waals surface area contributed by atoms with Crippen LogP contribution in [0.2, 0.25) is 0 Å². The summed E-state index contributed by atoms with van der Waals surface area (Å²) in [6, 6.07) is 4.84. The molecule has 6 heteroatoms. The van der Waals surface area contributed by atoms with Crippen molar-refractivity contribution < 1.29 is 22.6 Å². The van der Waals surface area contributed by atoms with Crippen LogP contribution in [0.15, 0.2) is 18.2 Å². The summed E-state index contributed by atoms with van der Waals surface area (Å²) >= 11 is 0. The van der Waals surface area contributed by atoms with E-state index in [1.807, 2.05) is 6.92 Å². The largest absolute Gasteiger partial charge is 0.493 e. The number of nitrogen functional groups attached to an aromatic ring is 1. The molecule has 0 radical (unpaired) electrons. The van der Waals surface area contributed by atoms with E-state index in [1.54, 1.807) is 18.2 Å². The first kappa shape index (κ1) is 15.5. The Kier molecular flexibility index (Phi) is 5.79. The van der Waals surface area contributed by atoms with E-state index in [4.69, 9.17) is 15.2 Å². The Morgan fingerprint density at radius 3 is 2.16 bits per heavy atom. The number of rotatable bonds is 7. The lowest BCUT2D eigenvalue weighted by Gasteiger charge is -2.11. The van der Waals surface area contributed by atoms with Gasteiger partial charge in [-0.2, -0.15) is 13.2 Å². The highest BCUT2D eigenvalue weighted by atomic mass is 19.4. The second kappa shape index (κ2) is 7.11. The zero-order valence-electron chi connectivity index (χ0n) is 10.8. The van der Waals surface area contributed by atoms with Crippen LogP contribution in [0.4, 0.5) is 18.9 Å². The minimum Gasteiger partial charge on any atom is -0.493 e. The first-order valence-corrected chi connectivity index (χ1v) is 6.13. The quantitative estimate of drug-likeness (QED) is 0.609. The molecule has 0 saturated heterocycles. The summed E-state index contributed by atoms with van der Waals surface area (Å²) in [5, 5.41) is 0.